The van der Waals surface area contributed by atoms with Crippen molar-refractivity contribution in [1.29, 1.82) is 0 Å². The number of carbonyl (C=O) groups is 1. The summed E-state index contributed by atoms with van der Waals surface area (Å²) in [7, 11) is -3.62. The number of fused-ring (bicyclic) bond motifs is 1. The molecule has 1 spiro atoms. The zero-order chi connectivity index (χ0) is 27.3. The van der Waals surface area contributed by atoms with Gasteiger partial charge in [-0.15, -0.1) is 0 Å². The normalized spacial score (nSPS) is 26.1. The van der Waals surface area contributed by atoms with Gasteiger partial charge in [-0.2, -0.15) is 4.31 Å². The van der Waals surface area contributed by atoms with E-state index in [4.69, 9.17) is 14.5 Å². The van der Waals surface area contributed by atoms with Crippen molar-refractivity contribution < 1.29 is 22.7 Å². The zero-order valence-corrected chi connectivity index (χ0v) is 23.6. The lowest BCUT2D eigenvalue weighted by atomic mass is 9.88. The van der Waals surface area contributed by atoms with Crippen LogP contribution in [0.3, 0.4) is 0 Å². The molecular weight excluding hydrogens is 516 g/mol. The number of benzene rings is 1. The van der Waals surface area contributed by atoms with Crippen LogP contribution in [-0.4, -0.2) is 66.2 Å². The van der Waals surface area contributed by atoms with Crippen molar-refractivity contribution >= 4 is 38.7 Å². The second-order valence-electron chi connectivity index (χ2n) is 11.8. The van der Waals surface area contributed by atoms with E-state index in [2.05, 4.69) is 9.88 Å². The molecule has 210 valence electrons. The number of aromatic nitrogens is 1. The zero-order valence-electron chi connectivity index (χ0n) is 22.8. The lowest BCUT2D eigenvalue weighted by Gasteiger charge is -2.34. The molecule has 1 aliphatic carbocycles. The molecule has 1 atom stereocenters. The van der Waals surface area contributed by atoms with Gasteiger partial charge in [-0.25, -0.2) is 8.42 Å². The standard InChI is InChI=1S/C29H38N4O5S/c1-28(2)37-20-24(38-28)19-32-14-10-23-18-21(8-9-25(23)32)11-17-39(35,36)33-15-12-29(13-16-33)27(34)30-26(31-29)22-6-4-3-5-7-22/h8-11,14,17-18,22,24H,3-7,12-13,15-16,19-20H2,1-2H3,(H,30,31,34)/b17-11+/t24-/m0/s1. The molecule has 2 saturated heterocycles. The number of piperidine rings is 1. The predicted octanol–water partition coefficient (Wildman–Crippen LogP) is 4.04. The van der Waals surface area contributed by atoms with Gasteiger partial charge in [0, 0.05) is 41.5 Å². The Morgan fingerprint density at radius 1 is 1.13 bits per heavy atom. The Morgan fingerprint density at radius 2 is 1.90 bits per heavy atom. The minimum Gasteiger partial charge on any atom is -0.348 e. The number of aliphatic imine (C=N–C) groups is 1. The van der Waals surface area contributed by atoms with E-state index in [1.54, 1.807) is 6.08 Å². The van der Waals surface area contributed by atoms with E-state index in [1.807, 2.05) is 44.3 Å². The molecule has 6 rings (SSSR count). The summed E-state index contributed by atoms with van der Waals surface area (Å²) < 4.78 is 41.5. The van der Waals surface area contributed by atoms with E-state index in [-0.39, 0.29) is 25.1 Å². The fourth-order valence-corrected chi connectivity index (χ4v) is 7.56. The smallest absolute Gasteiger partial charge is 0.253 e. The van der Waals surface area contributed by atoms with E-state index in [0.717, 1.165) is 35.1 Å². The summed E-state index contributed by atoms with van der Waals surface area (Å²) in [6.45, 7) is 5.66. The minimum absolute atomic E-state index is 0.0103. The van der Waals surface area contributed by atoms with Crippen molar-refractivity contribution in [2.24, 2.45) is 10.9 Å². The van der Waals surface area contributed by atoms with Gasteiger partial charge in [-0.05, 0) is 69.4 Å². The number of sulfonamides is 1. The summed E-state index contributed by atoms with van der Waals surface area (Å²) in [4.78, 5) is 17.7. The van der Waals surface area contributed by atoms with Crippen LogP contribution in [0.5, 0.6) is 0 Å². The van der Waals surface area contributed by atoms with Gasteiger partial charge >= 0.3 is 0 Å². The Kier molecular flexibility index (Phi) is 6.94. The number of nitrogens with one attached hydrogen (secondary N) is 1. The van der Waals surface area contributed by atoms with Crippen LogP contribution < -0.4 is 5.32 Å². The topological polar surface area (TPSA) is 102 Å². The van der Waals surface area contributed by atoms with Gasteiger partial charge < -0.3 is 19.4 Å². The van der Waals surface area contributed by atoms with Gasteiger partial charge in [0.2, 0.25) is 10.0 Å². The van der Waals surface area contributed by atoms with Gasteiger partial charge in [0.25, 0.3) is 5.91 Å². The summed E-state index contributed by atoms with van der Waals surface area (Å²) in [5.41, 5.74) is 1.06. The van der Waals surface area contributed by atoms with Crippen LogP contribution in [0.15, 0.2) is 40.9 Å². The molecule has 0 bridgehead atoms. The van der Waals surface area contributed by atoms with E-state index < -0.39 is 21.3 Å². The molecule has 1 amide bonds. The predicted molar refractivity (Wildman–Crippen MR) is 150 cm³/mol. The molecule has 1 saturated carbocycles. The summed E-state index contributed by atoms with van der Waals surface area (Å²) >= 11 is 0. The summed E-state index contributed by atoms with van der Waals surface area (Å²) in [6.07, 6.45) is 10.2. The molecule has 0 unspecified atom stereocenters. The van der Waals surface area contributed by atoms with Crippen LogP contribution in [0, 0.1) is 5.92 Å². The van der Waals surface area contributed by atoms with E-state index in [0.29, 0.717) is 31.9 Å². The third-order valence-corrected chi connectivity index (χ3v) is 10.2. The third kappa shape index (κ3) is 5.44. The van der Waals surface area contributed by atoms with Gasteiger partial charge in [-0.1, -0.05) is 25.3 Å². The van der Waals surface area contributed by atoms with Crippen molar-refractivity contribution in [2.45, 2.75) is 82.8 Å². The largest absolute Gasteiger partial charge is 0.348 e. The fourth-order valence-electron chi connectivity index (χ4n) is 6.37. The number of hydrogen-bond acceptors (Lipinski definition) is 6. The quantitative estimate of drug-likeness (QED) is 0.581. The Balaban J connectivity index is 1.09. The molecule has 4 aliphatic rings. The molecule has 1 aromatic heterocycles. The Hall–Kier alpha value is -2.53. The number of amidine groups is 1. The first-order valence-electron chi connectivity index (χ1n) is 14.1. The van der Waals surface area contributed by atoms with Gasteiger partial charge in [-0.3, -0.25) is 9.79 Å². The maximum Gasteiger partial charge on any atom is 0.253 e. The molecule has 1 N–H and O–H groups in total. The van der Waals surface area contributed by atoms with E-state index >= 15 is 0 Å². The summed E-state index contributed by atoms with van der Waals surface area (Å²) in [6, 6.07) is 7.95. The lowest BCUT2D eigenvalue weighted by Crippen LogP contribution is -2.50. The average molecular weight is 555 g/mol. The second kappa shape index (κ2) is 10.1. The maximum absolute atomic E-state index is 13.1. The van der Waals surface area contributed by atoms with Crippen LogP contribution in [0.1, 0.15) is 64.4 Å². The van der Waals surface area contributed by atoms with Crippen LogP contribution in [0.25, 0.3) is 17.0 Å². The average Bonchev–Trinajstić information content (AvgIpc) is 3.58. The van der Waals surface area contributed by atoms with Crippen molar-refractivity contribution in [1.82, 2.24) is 14.2 Å². The van der Waals surface area contributed by atoms with E-state index in [9.17, 15) is 13.2 Å². The summed E-state index contributed by atoms with van der Waals surface area (Å²) in [5, 5.41) is 5.35. The maximum atomic E-state index is 13.1. The first-order valence-corrected chi connectivity index (χ1v) is 15.6. The monoisotopic (exact) mass is 554 g/mol. The van der Waals surface area contributed by atoms with Crippen molar-refractivity contribution in [3.8, 4) is 0 Å². The number of amides is 1. The van der Waals surface area contributed by atoms with Crippen molar-refractivity contribution in [3.63, 3.8) is 0 Å². The number of ether oxygens (including phenoxy) is 2. The SMILES string of the molecule is CC1(C)OC[C@H](Cn2ccc3cc(/C=C/S(=O)(=O)N4CCC5(CC4)N=C(C4CCCCC4)NC5=O)ccc32)O1. The molecule has 4 heterocycles. The van der Waals surface area contributed by atoms with Crippen LogP contribution in [0.2, 0.25) is 0 Å². The Bertz CT molecular complexity index is 1410. The van der Waals surface area contributed by atoms with Crippen molar-refractivity contribution in [3.05, 3.63) is 41.4 Å². The highest BCUT2D eigenvalue weighted by Gasteiger charge is 2.48. The number of carbonyl (C=O) groups excluding carboxylic acids is 1. The number of nitrogens with zero attached hydrogens (tertiary/aromatic N) is 3. The fraction of sp³-hybridized carbons (Fsp3) is 0.586. The first-order chi connectivity index (χ1) is 18.6. The van der Waals surface area contributed by atoms with Gasteiger partial charge in [0.1, 0.15) is 17.5 Å². The highest BCUT2D eigenvalue weighted by Crippen LogP contribution is 2.35. The molecule has 1 aromatic carbocycles. The molecular formula is C29H38N4O5S. The molecule has 3 aliphatic heterocycles. The molecule has 0 radical (unpaired) electrons. The second-order valence-corrected chi connectivity index (χ2v) is 13.6. The Morgan fingerprint density at radius 3 is 2.62 bits per heavy atom. The molecule has 10 heteroatoms. The molecule has 3 fully saturated rings. The summed E-state index contributed by atoms with van der Waals surface area (Å²) in [5.74, 6) is 0.540. The molecule has 2 aromatic rings. The van der Waals surface area contributed by atoms with Crippen LogP contribution >= 0.6 is 0 Å². The molecule has 9 nitrogen and oxygen atoms in total. The van der Waals surface area contributed by atoms with Crippen LogP contribution in [0.4, 0.5) is 0 Å². The first kappa shape index (κ1) is 26.7. The third-order valence-electron chi connectivity index (χ3n) is 8.60. The highest BCUT2D eigenvalue weighted by atomic mass is 32.2. The minimum atomic E-state index is -3.62. The van der Waals surface area contributed by atoms with Crippen molar-refractivity contribution in [2.75, 3.05) is 19.7 Å². The number of hydrogen-bond donors (Lipinski definition) is 1. The molecule has 39 heavy (non-hydrogen) atoms. The Labute approximate surface area is 230 Å². The highest BCUT2D eigenvalue weighted by molar-refractivity contribution is 7.92. The van der Waals surface area contributed by atoms with E-state index in [1.165, 1.54) is 29.0 Å². The van der Waals surface area contributed by atoms with Crippen LogP contribution in [-0.2, 0) is 30.8 Å². The number of rotatable bonds is 6. The van der Waals surface area contributed by atoms with Gasteiger partial charge in [0.15, 0.2) is 5.79 Å². The lowest BCUT2D eigenvalue weighted by molar-refractivity contribution is -0.139. The van der Waals surface area contributed by atoms with Gasteiger partial charge in [0.05, 0.1) is 13.2 Å².